The van der Waals surface area contributed by atoms with Crippen molar-refractivity contribution in [2.45, 2.75) is 25.6 Å². The Labute approximate surface area is 177 Å². The molecule has 4 unspecified atom stereocenters. The van der Waals surface area contributed by atoms with Crippen LogP contribution in [0.2, 0.25) is 0 Å². The lowest BCUT2D eigenvalue weighted by molar-refractivity contribution is -0.127. The number of nitrogens with two attached hydrogens (primary N) is 1. The summed E-state index contributed by atoms with van der Waals surface area (Å²) in [5.74, 6) is -1.72. The van der Waals surface area contributed by atoms with E-state index in [1.165, 1.54) is 4.90 Å². The number of nitrogens with zero attached hydrogens (tertiary/aromatic N) is 2. The third-order valence-electron chi connectivity index (χ3n) is 5.80. The summed E-state index contributed by atoms with van der Waals surface area (Å²) in [6, 6.07) is 13.8. The minimum absolute atomic E-state index is 0.249. The molecule has 3 rings (SSSR count). The van der Waals surface area contributed by atoms with E-state index in [2.05, 4.69) is 6.58 Å². The molecule has 0 radical (unpaired) electrons. The van der Waals surface area contributed by atoms with Crippen molar-refractivity contribution in [3.8, 4) is 0 Å². The number of aldehydes is 2. The molecular weight excluding hydrogens is 378 g/mol. The topological polar surface area (TPSA) is 83.7 Å². The highest BCUT2D eigenvalue weighted by molar-refractivity contribution is 5.98. The lowest BCUT2D eigenvalue weighted by Gasteiger charge is -2.29. The van der Waals surface area contributed by atoms with Gasteiger partial charge in [-0.1, -0.05) is 42.0 Å². The predicted octanol–water partition coefficient (Wildman–Crippen LogP) is 2.61. The van der Waals surface area contributed by atoms with E-state index in [1.807, 2.05) is 36.1 Å². The van der Waals surface area contributed by atoms with Crippen LogP contribution >= 0.6 is 0 Å². The lowest BCUT2D eigenvalue weighted by Crippen LogP contribution is -2.41. The van der Waals surface area contributed by atoms with Crippen LogP contribution in [-0.2, 0) is 20.9 Å². The van der Waals surface area contributed by atoms with Crippen LogP contribution in [0.1, 0.15) is 11.1 Å². The maximum absolute atomic E-state index is 13.4. The normalized spacial score (nSPS) is 23.7. The smallest absolute Gasteiger partial charge is 0.232 e. The fraction of sp³-hybridized carbons (Fsp3) is 0.292. The fourth-order valence-corrected chi connectivity index (χ4v) is 4.31. The quantitative estimate of drug-likeness (QED) is 0.435. The Morgan fingerprint density at radius 1 is 1.13 bits per heavy atom. The molecule has 0 saturated carbocycles. The summed E-state index contributed by atoms with van der Waals surface area (Å²) in [4.78, 5) is 40.8. The first-order valence-corrected chi connectivity index (χ1v) is 9.88. The molecule has 2 N–H and O–H groups in total. The van der Waals surface area contributed by atoms with E-state index in [4.69, 9.17) is 5.73 Å². The van der Waals surface area contributed by atoms with Gasteiger partial charge >= 0.3 is 0 Å². The molecule has 1 saturated heterocycles. The molecule has 1 amide bonds. The number of likely N-dealkylation sites (tertiary alicyclic amines) is 1. The second-order valence-corrected chi connectivity index (χ2v) is 7.75. The van der Waals surface area contributed by atoms with Crippen molar-refractivity contribution in [3.63, 3.8) is 0 Å². The number of rotatable bonds is 7. The van der Waals surface area contributed by atoms with Gasteiger partial charge in [-0.05, 0) is 30.7 Å². The van der Waals surface area contributed by atoms with Gasteiger partial charge in [-0.3, -0.25) is 9.69 Å². The standard InChI is InChI=1S/C24H27N3O3/c1-4-21-23(24(30)26(3)19-10-6-9-18(25)12-19)20(14-28)22(15-29)27(21)13-17-8-5-7-16(2)11-17/h4-12,14-15,20-23H,1,13,25H2,2-3H3. The van der Waals surface area contributed by atoms with E-state index in [-0.39, 0.29) is 5.91 Å². The molecule has 2 aromatic carbocycles. The van der Waals surface area contributed by atoms with Crippen LogP contribution in [0.4, 0.5) is 11.4 Å². The Hall–Kier alpha value is -3.25. The van der Waals surface area contributed by atoms with Crippen LogP contribution in [0.5, 0.6) is 0 Å². The Bertz CT molecular complexity index is 958. The summed E-state index contributed by atoms with van der Waals surface area (Å²) in [7, 11) is 1.65. The zero-order valence-electron chi connectivity index (χ0n) is 17.3. The number of aryl methyl sites for hydroxylation is 1. The largest absolute Gasteiger partial charge is 0.399 e. The first-order valence-electron chi connectivity index (χ1n) is 9.88. The van der Waals surface area contributed by atoms with Crippen molar-refractivity contribution < 1.29 is 14.4 Å². The monoisotopic (exact) mass is 405 g/mol. The minimum Gasteiger partial charge on any atom is -0.399 e. The number of carbonyl (C=O) groups is 3. The number of hydrogen-bond donors (Lipinski definition) is 1. The lowest BCUT2D eigenvalue weighted by atomic mass is 9.87. The van der Waals surface area contributed by atoms with E-state index in [0.717, 1.165) is 23.7 Å². The van der Waals surface area contributed by atoms with Gasteiger partial charge in [0.1, 0.15) is 12.6 Å². The summed E-state index contributed by atoms with van der Waals surface area (Å²) in [6.45, 7) is 6.34. The summed E-state index contributed by atoms with van der Waals surface area (Å²) >= 11 is 0. The van der Waals surface area contributed by atoms with Gasteiger partial charge in [-0.2, -0.15) is 0 Å². The molecule has 0 spiro atoms. The van der Waals surface area contributed by atoms with Gasteiger partial charge in [0.05, 0.1) is 17.9 Å². The molecule has 1 fully saturated rings. The van der Waals surface area contributed by atoms with Crippen molar-refractivity contribution in [3.05, 3.63) is 72.3 Å². The van der Waals surface area contributed by atoms with Gasteiger partial charge in [0.2, 0.25) is 5.91 Å². The third-order valence-corrected chi connectivity index (χ3v) is 5.80. The van der Waals surface area contributed by atoms with Crippen molar-refractivity contribution in [2.24, 2.45) is 11.8 Å². The first kappa shape index (κ1) is 21.5. The van der Waals surface area contributed by atoms with Crippen LogP contribution < -0.4 is 10.6 Å². The number of anilines is 2. The molecule has 2 aromatic rings. The zero-order chi connectivity index (χ0) is 21.8. The molecule has 30 heavy (non-hydrogen) atoms. The molecule has 6 heteroatoms. The van der Waals surface area contributed by atoms with Crippen molar-refractivity contribution in [1.29, 1.82) is 0 Å². The van der Waals surface area contributed by atoms with Crippen LogP contribution in [0, 0.1) is 18.8 Å². The van der Waals surface area contributed by atoms with Gasteiger partial charge in [0.15, 0.2) is 0 Å². The summed E-state index contributed by atoms with van der Waals surface area (Å²) in [6.07, 6.45) is 3.15. The molecular formula is C24H27N3O3. The molecule has 0 bridgehead atoms. The van der Waals surface area contributed by atoms with Crippen LogP contribution in [0.3, 0.4) is 0 Å². The Balaban J connectivity index is 1.96. The second-order valence-electron chi connectivity index (χ2n) is 7.75. The average molecular weight is 405 g/mol. The molecule has 6 nitrogen and oxygen atoms in total. The summed E-state index contributed by atoms with van der Waals surface area (Å²) < 4.78 is 0. The molecule has 1 aliphatic rings. The average Bonchev–Trinajstić information content (AvgIpc) is 3.04. The molecule has 0 aromatic heterocycles. The Morgan fingerprint density at radius 2 is 1.87 bits per heavy atom. The molecule has 4 atom stereocenters. The number of hydrogen-bond acceptors (Lipinski definition) is 5. The number of benzene rings is 2. The highest BCUT2D eigenvalue weighted by atomic mass is 16.2. The number of nitrogen functional groups attached to an aromatic ring is 1. The maximum Gasteiger partial charge on any atom is 0.232 e. The highest BCUT2D eigenvalue weighted by Crippen LogP contribution is 2.37. The van der Waals surface area contributed by atoms with Gasteiger partial charge in [0.25, 0.3) is 0 Å². The third kappa shape index (κ3) is 4.04. The van der Waals surface area contributed by atoms with Crippen LogP contribution in [-0.4, -0.2) is 42.5 Å². The predicted molar refractivity (Wildman–Crippen MR) is 118 cm³/mol. The number of amides is 1. The molecule has 0 aliphatic carbocycles. The van der Waals surface area contributed by atoms with Gasteiger partial charge in [0, 0.05) is 31.0 Å². The fourth-order valence-electron chi connectivity index (χ4n) is 4.31. The van der Waals surface area contributed by atoms with Crippen LogP contribution in [0.25, 0.3) is 0 Å². The van der Waals surface area contributed by atoms with Crippen LogP contribution in [0.15, 0.2) is 61.2 Å². The van der Waals surface area contributed by atoms with Gasteiger partial charge < -0.3 is 20.2 Å². The van der Waals surface area contributed by atoms with Crippen molar-refractivity contribution in [2.75, 3.05) is 17.7 Å². The zero-order valence-corrected chi connectivity index (χ0v) is 17.3. The first-order chi connectivity index (χ1) is 14.4. The Kier molecular flexibility index (Phi) is 6.47. The SMILES string of the molecule is C=CC1C(C(=O)N(C)c2cccc(N)c2)C(C=O)C(C=O)N1Cc1cccc(C)c1. The van der Waals surface area contributed by atoms with E-state index >= 15 is 0 Å². The maximum atomic E-state index is 13.4. The summed E-state index contributed by atoms with van der Waals surface area (Å²) in [5.41, 5.74) is 9.14. The van der Waals surface area contributed by atoms with E-state index in [9.17, 15) is 14.4 Å². The number of carbonyl (C=O) groups excluding carboxylic acids is 3. The highest BCUT2D eigenvalue weighted by Gasteiger charge is 2.51. The summed E-state index contributed by atoms with van der Waals surface area (Å²) in [5, 5.41) is 0. The Morgan fingerprint density at radius 3 is 2.47 bits per heavy atom. The van der Waals surface area contributed by atoms with E-state index in [1.54, 1.807) is 37.4 Å². The molecule has 156 valence electrons. The molecule has 1 aliphatic heterocycles. The van der Waals surface area contributed by atoms with Crippen molar-refractivity contribution in [1.82, 2.24) is 4.90 Å². The van der Waals surface area contributed by atoms with Crippen molar-refractivity contribution >= 4 is 29.9 Å². The minimum atomic E-state index is -0.758. The second kappa shape index (κ2) is 9.05. The van der Waals surface area contributed by atoms with Gasteiger partial charge in [-0.15, -0.1) is 6.58 Å². The van der Waals surface area contributed by atoms with Gasteiger partial charge in [-0.25, -0.2) is 0 Å². The van der Waals surface area contributed by atoms with E-state index in [0.29, 0.717) is 17.9 Å². The molecule has 1 heterocycles. The van der Waals surface area contributed by atoms with E-state index < -0.39 is 23.9 Å².